The van der Waals surface area contributed by atoms with Crippen molar-refractivity contribution in [2.75, 3.05) is 11.9 Å². The van der Waals surface area contributed by atoms with Crippen molar-refractivity contribution in [3.8, 4) is 5.75 Å². The van der Waals surface area contributed by atoms with Crippen molar-refractivity contribution in [2.24, 2.45) is 0 Å². The van der Waals surface area contributed by atoms with E-state index in [1.165, 1.54) is 16.7 Å². The minimum absolute atomic E-state index is 0.193. The van der Waals surface area contributed by atoms with E-state index in [2.05, 4.69) is 92.8 Å². The van der Waals surface area contributed by atoms with Gasteiger partial charge >= 0.3 is 0 Å². The summed E-state index contributed by atoms with van der Waals surface area (Å²) in [5.41, 5.74) is 5.28. The molecule has 0 bridgehead atoms. The zero-order valence-corrected chi connectivity index (χ0v) is 17.2. The summed E-state index contributed by atoms with van der Waals surface area (Å²) in [7, 11) is 0. The highest BCUT2D eigenvalue weighted by Crippen LogP contribution is 2.23. The van der Waals surface area contributed by atoms with E-state index in [1.807, 2.05) is 12.1 Å². The van der Waals surface area contributed by atoms with Gasteiger partial charge in [0, 0.05) is 18.3 Å². The van der Waals surface area contributed by atoms with E-state index in [9.17, 15) is 0 Å². The SMILES string of the molecule is CC(C)(C)c1ccc(CNc2cccc(OCCCc3ccccc3)c2)cc1. The summed E-state index contributed by atoms with van der Waals surface area (Å²) in [6.45, 7) is 8.26. The van der Waals surface area contributed by atoms with Gasteiger partial charge in [-0.05, 0) is 47.1 Å². The monoisotopic (exact) mass is 373 g/mol. The highest BCUT2D eigenvalue weighted by Gasteiger charge is 2.12. The van der Waals surface area contributed by atoms with Crippen molar-refractivity contribution in [1.29, 1.82) is 0 Å². The number of anilines is 1. The van der Waals surface area contributed by atoms with Gasteiger partial charge in [0.25, 0.3) is 0 Å². The molecule has 1 N–H and O–H groups in total. The number of benzene rings is 3. The average molecular weight is 374 g/mol. The van der Waals surface area contributed by atoms with Crippen LogP contribution in [0, 0.1) is 0 Å². The van der Waals surface area contributed by atoms with Gasteiger partial charge in [-0.1, -0.05) is 81.4 Å². The third-order valence-electron chi connectivity index (χ3n) is 4.87. The first-order valence-corrected chi connectivity index (χ1v) is 10.1. The average Bonchev–Trinajstić information content (AvgIpc) is 2.70. The second-order valence-electron chi connectivity index (χ2n) is 8.27. The molecule has 0 spiro atoms. The number of hydrogen-bond acceptors (Lipinski definition) is 2. The molecular formula is C26H31NO. The molecule has 0 aliphatic carbocycles. The normalized spacial score (nSPS) is 11.2. The third kappa shape index (κ3) is 6.16. The number of ether oxygens (including phenoxy) is 1. The maximum Gasteiger partial charge on any atom is 0.121 e. The minimum Gasteiger partial charge on any atom is -0.494 e. The second kappa shape index (κ2) is 9.45. The Labute approximate surface area is 169 Å². The van der Waals surface area contributed by atoms with Gasteiger partial charge in [-0.3, -0.25) is 0 Å². The highest BCUT2D eigenvalue weighted by molar-refractivity contribution is 5.48. The lowest BCUT2D eigenvalue weighted by Crippen LogP contribution is -2.11. The quantitative estimate of drug-likeness (QED) is 0.449. The predicted molar refractivity (Wildman–Crippen MR) is 119 cm³/mol. The van der Waals surface area contributed by atoms with E-state index < -0.39 is 0 Å². The Kier molecular flexibility index (Phi) is 6.76. The van der Waals surface area contributed by atoms with Crippen molar-refractivity contribution >= 4 is 5.69 Å². The van der Waals surface area contributed by atoms with Crippen LogP contribution in [0.3, 0.4) is 0 Å². The molecule has 0 saturated heterocycles. The number of nitrogens with one attached hydrogen (secondary N) is 1. The van der Waals surface area contributed by atoms with Crippen LogP contribution in [0.4, 0.5) is 5.69 Å². The maximum absolute atomic E-state index is 5.93. The number of hydrogen-bond donors (Lipinski definition) is 1. The lowest BCUT2D eigenvalue weighted by atomic mass is 9.87. The Morgan fingerprint density at radius 2 is 1.54 bits per heavy atom. The second-order valence-corrected chi connectivity index (χ2v) is 8.27. The summed E-state index contributed by atoms with van der Waals surface area (Å²) in [6, 6.07) is 27.6. The van der Waals surface area contributed by atoms with Crippen LogP contribution in [0.2, 0.25) is 0 Å². The van der Waals surface area contributed by atoms with Gasteiger partial charge in [0.1, 0.15) is 5.75 Å². The number of rotatable bonds is 8. The summed E-state index contributed by atoms with van der Waals surface area (Å²) >= 11 is 0. The van der Waals surface area contributed by atoms with Crippen molar-refractivity contribution in [3.63, 3.8) is 0 Å². The lowest BCUT2D eigenvalue weighted by molar-refractivity contribution is 0.311. The van der Waals surface area contributed by atoms with Crippen LogP contribution in [0.5, 0.6) is 5.75 Å². The molecule has 0 fully saturated rings. The van der Waals surface area contributed by atoms with Gasteiger partial charge < -0.3 is 10.1 Å². The third-order valence-corrected chi connectivity index (χ3v) is 4.87. The van der Waals surface area contributed by atoms with Crippen LogP contribution in [0.25, 0.3) is 0 Å². The molecule has 0 aliphatic heterocycles. The molecule has 3 aromatic carbocycles. The summed E-state index contributed by atoms with van der Waals surface area (Å²) in [4.78, 5) is 0. The fourth-order valence-electron chi connectivity index (χ4n) is 3.13. The van der Waals surface area contributed by atoms with Crippen molar-refractivity contribution in [2.45, 2.75) is 45.6 Å². The van der Waals surface area contributed by atoms with Crippen LogP contribution in [-0.2, 0) is 18.4 Å². The Morgan fingerprint density at radius 1 is 0.786 bits per heavy atom. The molecular weight excluding hydrogens is 342 g/mol. The van der Waals surface area contributed by atoms with Gasteiger partial charge in [0.15, 0.2) is 0 Å². The predicted octanol–water partition coefficient (Wildman–Crippen LogP) is 6.61. The van der Waals surface area contributed by atoms with Crippen molar-refractivity contribution in [3.05, 3.63) is 95.6 Å². The molecule has 0 radical (unpaired) electrons. The van der Waals surface area contributed by atoms with Gasteiger partial charge in [-0.2, -0.15) is 0 Å². The van der Waals surface area contributed by atoms with Crippen molar-refractivity contribution in [1.82, 2.24) is 0 Å². The molecule has 2 heteroatoms. The number of aryl methyl sites for hydroxylation is 1. The topological polar surface area (TPSA) is 21.3 Å². The van der Waals surface area contributed by atoms with E-state index in [0.29, 0.717) is 0 Å². The van der Waals surface area contributed by atoms with Crippen LogP contribution in [-0.4, -0.2) is 6.61 Å². The van der Waals surface area contributed by atoms with E-state index in [1.54, 1.807) is 0 Å². The lowest BCUT2D eigenvalue weighted by Gasteiger charge is -2.19. The zero-order valence-electron chi connectivity index (χ0n) is 17.2. The minimum atomic E-state index is 0.193. The standard InChI is InChI=1S/C26H31NO/c1-26(2,3)23-16-14-22(15-17-23)20-27-24-12-7-13-25(19-24)28-18-8-11-21-9-5-4-6-10-21/h4-7,9-10,12-17,19,27H,8,11,18,20H2,1-3H3. The summed E-state index contributed by atoms with van der Waals surface area (Å²) in [5, 5.41) is 3.50. The van der Waals surface area contributed by atoms with Crippen LogP contribution in [0.15, 0.2) is 78.9 Å². The van der Waals surface area contributed by atoms with E-state index >= 15 is 0 Å². The Hall–Kier alpha value is -2.74. The first kappa shape index (κ1) is 20.0. The fourth-order valence-corrected chi connectivity index (χ4v) is 3.13. The molecule has 28 heavy (non-hydrogen) atoms. The molecule has 3 rings (SSSR count). The highest BCUT2D eigenvalue weighted by atomic mass is 16.5. The van der Waals surface area contributed by atoms with Gasteiger partial charge in [0.05, 0.1) is 6.61 Å². The summed E-state index contributed by atoms with van der Waals surface area (Å²) in [5.74, 6) is 0.918. The fraction of sp³-hybridized carbons (Fsp3) is 0.308. The molecule has 0 aliphatic rings. The molecule has 0 saturated carbocycles. The van der Waals surface area contributed by atoms with Gasteiger partial charge in [-0.15, -0.1) is 0 Å². The molecule has 0 amide bonds. The van der Waals surface area contributed by atoms with Gasteiger partial charge in [-0.25, -0.2) is 0 Å². The maximum atomic E-state index is 5.93. The Morgan fingerprint density at radius 3 is 2.25 bits per heavy atom. The molecule has 146 valence electrons. The summed E-state index contributed by atoms with van der Waals surface area (Å²) < 4.78 is 5.93. The van der Waals surface area contributed by atoms with Crippen LogP contribution >= 0.6 is 0 Å². The van der Waals surface area contributed by atoms with E-state index in [0.717, 1.165) is 37.4 Å². The first-order chi connectivity index (χ1) is 13.5. The first-order valence-electron chi connectivity index (χ1n) is 10.1. The molecule has 0 atom stereocenters. The smallest absolute Gasteiger partial charge is 0.121 e. The Balaban J connectivity index is 1.46. The molecule has 0 unspecified atom stereocenters. The Bertz CT molecular complexity index is 848. The molecule has 2 nitrogen and oxygen atoms in total. The van der Waals surface area contributed by atoms with E-state index in [4.69, 9.17) is 4.74 Å². The zero-order chi connectivity index (χ0) is 19.8. The van der Waals surface area contributed by atoms with E-state index in [-0.39, 0.29) is 5.41 Å². The molecule has 3 aromatic rings. The largest absolute Gasteiger partial charge is 0.494 e. The van der Waals surface area contributed by atoms with Crippen LogP contribution < -0.4 is 10.1 Å². The summed E-state index contributed by atoms with van der Waals surface area (Å²) in [6.07, 6.45) is 2.06. The van der Waals surface area contributed by atoms with Gasteiger partial charge in [0.2, 0.25) is 0 Å². The van der Waals surface area contributed by atoms with Crippen molar-refractivity contribution < 1.29 is 4.74 Å². The molecule has 0 heterocycles. The van der Waals surface area contributed by atoms with Crippen LogP contribution in [0.1, 0.15) is 43.9 Å². The molecule has 0 aromatic heterocycles.